The number of rotatable bonds is 3. The van der Waals surface area contributed by atoms with Crippen LogP contribution in [0.4, 0.5) is 5.69 Å². The summed E-state index contributed by atoms with van der Waals surface area (Å²) in [6, 6.07) is 4.97. The topological polar surface area (TPSA) is 117 Å². The van der Waals surface area contributed by atoms with Gasteiger partial charge in [0, 0.05) is 35.6 Å². The fraction of sp³-hybridized carbons (Fsp3) is 0.333. The average Bonchev–Trinajstić information content (AvgIpc) is 2.90. The maximum Gasteiger partial charge on any atom is 0.271 e. The molecule has 1 aliphatic heterocycles. The molecule has 0 fully saturated rings. The van der Waals surface area contributed by atoms with Crippen molar-refractivity contribution in [1.29, 1.82) is 0 Å². The van der Waals surface area contributed by atoms with Crippen LogP contribution in [0.2, 0.25) is 0 Å². The van der Waals surface area contributed by atoms with Crippen LogP contribution in [0.1, 0.15) is 24.7 Å². The maximum atomic E-state index is 11.0. The third-order valence-electron chi connectivity index (χ3n) is 3.44. The second kappa shape index (κ2) is 4.93. The SMILES string of the molecule is O=[N+]([O-])c1ccc(-c2nc3n(n2)CCCC3[N+](=O)[O-])cc1. The Bertz CT molecular complexity index is 709. The van der Waals surface area contributed by atoms with Gasteiger partial charge in [-0.05, 0) is 18.6 Å². The monoisotopic (exact) mass is 289 g/mol. The van der Waals surface area contributed by atoms with Crippen molar-refractivity contribution in [3.8, 4) is 11.4 Å². The Kier molecular flexibility index (Phi) is 3.09. The molecule has 1 unspecified atom stereocenters. The minimum absolute atomic E-state index is 0.0223. The summed E-state index contributed by atoms with van der Waals surface area (Å²) >= 11 is 0. The highest BCUT2D eigenvalue weighted by Gasteiger charge is 2.33. The first-order chi connectivity index (χ1) is 10.1. The van der Waals surface area contributed by atoms with Crippen LogP contribution >= 0.6 is 0 Å². The molecule has 1 aromatic carbocycles. The van der Waals surface area contributed by atoms with Gasteiger partial charge in [0.15, 0.2) is 5.82 Å². The highest BCUT2D eigenvalue weighted by Crippen LogP contribution is 2.28. The number of hydrogen-bond donors (Lipinski definition) is 0. The molecule has 0 bridgehead atoms. The van der Waals surface area contributed by atoms with Crippen LogP contribution in [0.5, 0.6) is 0 Å². The van der Waals surface area contributed by atoms with E-state index in [1.54, 1.807) is 16.8 Å². The second-order valence-electron chi connectivity index (χ2n) is 4.76. The minimum atomic E-state index is -0.835. The third-order valence-corrected chi connectivity index (χ3v) is 3.44. The molecule has 108 valence electrons. The van der Waals surface area contributed by atoms with Gasteiger partial charge >= 0.3 is 0 Å². The number of benzene rings is 1. The lowest BCUT2D eigenvalue weighted by Gasteiger charge is -2.15. The van der Waals surface area contributed by atoms with Gasteiger partial charge in [0.05, 0.1) is 4.92 Å². The predicted molar refractivity (Wildman–Crippen MR) is 71.1 cm³/mol. The third kappa shape index (κ3) is 2.33. The maximum absolute atomic E-state index is 11.0. The molecule has 0 aliphatic carbocycles. The fourth-order valence-electron chi connectivity index (χ4n) is 2.38. The lowest BCUT2D eigenvalue weighted by Crippen LogP contribution is -2.22. The standard InChI is InChI=1S/C12H11N5O4/c18-16(19)9-5-3-8(4-6-9)11-13-12-10(17(20)21)2-1-7-15(12)14-11/h3-6,10H,1-2,7H2. The first kappa shape index (κ1) is 13.2. The zero-order chi connectivity index (χ0) is 15.0. The summed E-state index contributed by atoms with van der Waals surface area (Å²) in [5, 5.41) is 25.9. The van der Waals surface area contributed by atoms with Crippen molar-refractivity contribution in [3.63, 3.8) is 0 Å². The lowest BCUT2D eigenvalue weighted by atomic mass is 10.1. The molecular formula is C12H11N5O4. The summed E-state index contributed by atoms with van der Waals surface area (Å²) in [4.78, 5) is 25.1. The fourth-order valence-corrected chi connectivity index (χ4v) is 2.38. The van der Waals surface area contributed by atoms with Gasteiger partial charge in [-0.15, -0.1) is 0 Å². The molecule has 0 saturated carbocycles. The average molecular weight is 289 g/mol. The first-order valence-corrected chi connectivity index (χ1v) is 6.39. The van der Waals surface area contributed by atoms with Gasteiger partial charge in [0.1, 0.15) is 0 Å². The molecule has 0 N–H and O–H groups in total. The van der Waals surface area contributed by atoms with E-state index in [2.05, 4.69) is 10.1 Å². The highest BCUT2D eigenvalue weighted by atomic mass is 16.6. The quantitative estimate of drug-likeness (QED) is 0.629. The van der Waals surface area contributed by atoms with E-state index in [1.165, 1.54) is 12.1 Å². The van der Waals surface area contributed by atoms with Crippen LogP contribution in [0.15, 0.2) is 24.3 Å². The van der Waals surface area contributed by atoms with Crippen LogP contribution in [-0.2, 0) is 6.54 Å². The molecule has 3 rings (SSSR count). The van der Waals surface area contributed by atoms with Crippen molar-refractivity contribution >= 4 is 5.69 Å². The first-order valence-electron chi connectivity index (χ1n) is 6.39. The summed E-state index contributed by atoms with van der Waals surface area (Å²) in [5.74, 6) is 0.702. The van der Waals surface area contributed by atoms with Crippen molar-refractivity contribution in [2.45, 2.75) is 25.4 Å². The van der Waals surface area contributed by atoms with Crippen LogP contribution in [0, 0.1) is 20.2 Å². The summed E-state index contributed by atoms with van der Waals surface area (Å²) in [7, 11) is 0. The summed E-state index contributed by atoms with van der Waals surface area (Å²) < 4.78 is 1.55. The van der Waals surface area contributed by atoms with Crippen LogP contribution in [-0.4, -0.2) is 24.6 Å². The Hall–Kier alpha value is -2.84. The molecule has 2 aromatic rings. The largest absolute Gasteiger partial charge is 0.271 e. The van der Waals surface area contributed by atoms with Crippen molar-refractivity contribution in [1.82, 2.24) is 14.8 Å². The number of fused-ring (bicyclic) bond motifs is 1. The van der Waals surface area contributed by atoms with Crippen LogP contribution in [0.3, 0.4) is 0 Å². The molecule has 0 radical (unpaired) electrons. The molecule has 9 heteroatoms. The predicted octanol–water partition coefficient (Wildman–Crippen LogP) is 1.96. The van der Waals surface area contributed by atoms with Crippen molar-refractivity contribution in [2.24, 2.45) is 0 Å². The van der Waals surface area contributed by atoms with Gasteiger partial charge in [0.2, 0.25) is 5.82 Å². The molecule has 1 atom stereocenters. The lowest BCUT2D eigenvalue weighted by molar-refractivity contribution is -0.533. The number of nitro groups is 2. The molecule has 9 nitrogen and oxygen atoms in total. The summed E-state index contributed by atoms with van der Waals surface area (Å²) in [6.07, 6.45) is 1.13. The normalized spacial score (nSPS) is 17.2. The Labute approximate surface area is 118 Å². The van der Waals surface area contributed by atoms with Crippen molar-refractivity contribution < 1.29 is 9.85 Å². The van der Waals surface area contributed by atoms with Gasteiger partial charge in [0.25, 0.3) is 11.7 Å². The van der Waals surface area contributed by atoms with Crippen molar-refractivity contribution in [2.75, 3.05) is 0 Å². The zero-order valence-electron chi connectivity index (χ0n) is 10.9. The van der Waals surface area contributed by atoms with Gasteiger partial charge in [-0.2, -0.15) is 5.10 Å². The molecule has 1 aromatic heterocycles. The molecule has 2 heterocycles. The summed E-state index contributed by atoms with van der Waals surface area (Å²) in [6.45, 7) is 0.597. The van der Waals surface area contributed by atoms with Crippen molar-refractivity contribution in [3.05, 3.63) is 50.3 Å². The second-order valence-corrected chi connectivity index (χ2v) is 4.76. The Morgan fingerprint density at radius 1 is 1.19 bits per heavy atom. The molecule has 0 saturated heterocycles. The Balaban J connectivity index is 1.97. The minimum Gasteiger partial charge on any atom is -0.264 e. The molecular weight excluding hydrogens is 278 g/mol. The van der Waals surface area contributed by atoms with Gasteiger partial charge in [-0.1, -0.05) is 0 Å². The number of non-ortho nitro benzene ring substituents is 1. The van der Waals surface area contributed by atoms with E-state index in [1.807, 2.05) is 0 Å². The van der Waals surface area contributed by atoms with E-state index < -0.39 is 11.0 Å². The smallest absolute Gasteiger partial charge is 0.264 e. The van der Waals surface area contributed by atoms with Gasteiger partial charge in [-0.3, -0.25) is 20.2 Å². The molecule has 0 amide bonds. The van der Waals surface area contributed by atoms with E-state index in [9.17, 15) is 20.2 Å². The number of aryl methyl sites for hydroxylation is 1. The van der Waals surface area contributed by atoms with Crippen LogP contribution in [0.25, 0.3) is 11.4 Å². The van der Waals surface area contributed by atoms with E-state index in [0.29, 0.717) is 36.6 Å². The number of aromatic nitrogens is 3. The molecule has 0 spiro atoms. The van der Waals surface area contributed by atoms with E-state index >= 15 is 0 Å². The number of hydrogen-bond acceptors (Lipinski definition) is 6. The zero-order valence-corrected chi connectivity index (χ0v) is 10.9. The molecule has 1 aliphatic rings. The van der Waals surface area contributed by atoms with E-state index in [-0.39, 0.29) is 10.6 Å². The summed E-state index contributed by atoms with van der Waals surface area (Å²) in [5.41, 5.74) is 0.579. The van der Waals surface area contributed by atoms with Gasteiger partial charge in [-0.25, -0.2) is 9.67 Å². The number of nitrogens with zero attached hydrogens (tertiary/aromatic N) is 5. The Morgan fingerprint density at radius 2 is 1.90 bits per heavy atom. The Morgan fingerprint density at radius 3 is 2.52 bits per heavy atom. The van der Waals surface area contributed by atoms with Crippen LogP contribution < -0.4 is 0 Å². The molecule has 21 heavy (non-hydrogen) atoms. The highest BCUT2D eigenvalue weighted by molar-refractivity contribution is 5.57. The number of nitro benzene ring substituents is 1. The van der Waals surface area contributed by atoms with E-state index in [0.717, 1.165) is 0 Å². The van der Waals surface area contributed by atoms with E-state index in [4.69, 9.17) is 0 Å². The van der Waals surface area contributed by atoms with Gasteiger partial charge < -0.3 is 0 Å².